The van der Waals surface area contributed by atoms with Gasteiger partial charge in [-0.1, -0.05) is 24.6 Å². The van der Waals surface area contributed by atoms with Crippen molar-refractivity contribution in [1.82, 2.24) is 15.0 Å². The molecular formula is C13H15N3OS. The van der Waals surface area contributed by atoms with Gasteiger partial charge in [-0.25, -0.2) is 4.68 Å². The van der Waals surface area contributed by atoms with Gasteiger partial charge in [-0.15, -0.1) is 16.9 Å². The molecule has 0 saturated carbocycles. The van der Waals surface area contributed by atoms with Crippen molar-refractivity contribution in [2.75, 3.05) is 6.26 Å². The molecule has 0 saturated heterocycles. The third kappa shape index (κ3) is 2.46. The van der Waals surface area contributed by atoms with Gasteiger partial charge in [-0.05, 0) is 30.9 Å². The number of carbonyl (C=O) groups is 1. The first-order valence-corrected chi connectivity index (χ1v) is 7.06. The summed E-state index contributed by atoms with van der Waals surface area (Å²) in [6.45, 7) is 2.07. The fraction of sp³-hybridized carbons (Fsp3) is 0.308. The summed E-state index contributed by atoms with van der Waals surface area (Å²) in [6.07, 6.45) is 4.55. The van der Waals surface area contributed by atoms with Gasteiger partial charge in [-0.2, -0.15) is 0 Å². The van der Waals surface area contributed by atoms with Gasteiger partial charge in [0, 0.05) is 4.90 Å². The number of aldehydes is 1. The fourth-order valence-corrected chi connectivity index (χ4v) is 2.28. The van der Waals surface area contributed by atoms with Crippen LogP contribution in [0.5, 0.6) is 0 Å². The van der Waals surface area contributed by atoms with Crippen LogP contribution in [0.1, 0.15) is 29.5 Å². The third-order valence-corrected chi connectivity index (χ3v) is 3.41. The second-order valence-electron chi connectivity index (χ2n) is 3.90. The number of benzene rings is 1. The summed E-state index contributed by atoms with van der Waals surface area (Å²) in [7, 11) is 0. The molecule has 0 bridgehead atoms. The van der Waals surface area contributed by atoms with Crippen LogP contribution in [0.3, 0.4) is 0 Å². The summed E-state index contributed by atoms with van der Waals surface area (Å²) < 4.78 is 1.76. The monoisotopic (exact) mass is 261 g/mol. The number of rotatable bonds is 5. The van der Waals surface area contributed by atoms with E-state index in [9.17, 15) is 4.79 Å². The summed E-state index contributed by atoms with van der Waals surface area (Å²) in [4.78, 5) is 12.1. The average Bonchev–Trinajstić information content (AvgIpc) is 2.82. The van der Waals surface area contributed by atoms with Crippen LogP contribution in [0.2, 0.25) is 0 Å². The molecule has 0 radical (unpaired) electrons. The summed E-state index contributed by atoms with van der Waals surface area (Å²) in [5, 5.41) is 8.00. The van der Waals surface area contributed by atoms with E-state index in [1.165, 1.54) is 0 Å². The minimum Gasteiger partial charge on any atom is -0.296 e. The first-order chi connectivity index (χ1) is 8.80. The minimum absolute atomic E-state index is 0.436. The molecule has 0 aliphatic heterocycles. The normalized spacial score (nSPS) is 10.6. The molecule has 0 fully saturated rings. The molecule has 18 heavy (non-hydrogen) atoms. The van der Waals surface area contributed by atoms with Gasteiger partial charge < -0.3 is 0 Å². The van der Waals surface area contributed by atoms with Gasteiger partial charge in [0.25, 0.3) is 0 Å². The lowest BCUT2D eigenvalue weighted by atomic mass is 10.2. The summed E-state index contributed by atoms with van der Waals surface area (Å²) in [5.74, 6) is 0. The Hall–Kier alpha value is -1.62. The molecule has 2 aromatic rings. The zero-order valence-electron chi connectivity index (χ0n) is 10.5. The largest absolute Gasteiger partial charge is 0.296 e. The molecule has 0 N–H and O–H groups in total. The predicted molar refractivity (Wildman–Crippen MR) is 72.5 cm³/mol. The predicted octanol–water partition coefficient (Wildman–Crippen LogP) is 2.75. The van der Waals surface area contributed by atoms with Crippen LogP contribution >= 0.6 is 11.8 Å². The van der Waals surface area contributed by atoms with Crippen LogP contribution < -0.4 is 0 Å². The Morgan fingerprint density at radius 1 is 1.44 bits per heavy atom. The Balaban J connectivity index is 2.48. The molecule has 5 heteroatoms. The highest BCUT2D eigenvalue weighted by molar-refractivity contribution is 7.98. The summed E-state index contributed by atoms with van der Waals surface area (Å²) in [5.41, 5.74) is 2.27. The lowest BCUT2D eigenvalue weighted by Crippen LogP contribution is -2.03. The van der Waals surface area contributed by atoms with Crippen molar-refractivity contribution in [2.24, 2.45) is 0 Å². The zero-order valence-corrected chi connectivity index (χ0v) is 11.3. The number of nitrogens with zero attached hydrogens (tertiary/aromatic N) is 3. The minimum atomic E-state index is 0.436. The van der Waals surface area contributed by atoms with Crippen molar-refractivity contribution in [2.45, 2.75) is 24.7 Å². The lowest BCUT2D eigenvalue weighted by molar-refractivity contribution is 0.111. The van der Waals surface area contributed by atoms with E-state index in [1.54, 1.807) is 16.4 Å². The molecule has 1 heterocycles. The van der Waals surface area contributed by atoms with Crippen LogP contribution in [-0.4, -0.2) is 27.5 Å². The maximum absolute atomic E-state index is 10.9. The fourth-order valence-electron chi connectivity index (χ4n) is 1.83. The van der Waals surface area contributed by atoms with Crippen LogP contribution in [0.25, 0.3) is 5.69 Å². The number of thioether (sulfide) groups is 1. The number of hydrogen-bond donors (Lipinski definition) is 0. The second kappa shape index (κ2) is 5.82. The molecule has 94 valence electrons. The Labute approximate surface area is 110 Å². The highest BCUT2D eigenvalue weighted by Crippen LogP contribution is 2.20. The Bertz CT molecular complexity index is 551. The summed E-state index contributed by atoms with van der Waals surface area (Å²) in [6, 6.07) is 8.06. The molecule has 4 nitrogen and oxygen atoms in total. The molecule has 0 atom stereocenters. The van der Waals surface area contributed by atoms with Gasteiger partial charge in [0.2, 0.25) is 0 Å². The first kappa shape index (κ1) is 12.8. The molecule has 0 spiro atoms. The second-order valence-corrected chi connectivity index (χ2v) is 4.78. The van der Waals surface area contributed by atoms with Gasteiger partial charge in [-0.3, -0.25) is 4.79 Å². The van der Waals surface area contributed by atoms with Gasteiger partial charge in [0.1, 0.15) is 5.69 Å². The topological polar surface area (TPSA) is 47.8 Å². The van der Waals surface area contributed by atoms with Gasteiger partial charge in [0.05, 0.1) is 11.4 Å². The van der Waals surface area contributed by atoms with Crippen molar-refractivity contribution in [3.63, 3.8) is 0 Å². The third-order valence-electron chi connectivity index (χ3n) is 2.69. The molecular weight excluding hydrogens is 246 g/mol. The van der Waals surface area contributed by atoms with Crippen LogP contribution in [-0.2, 0) is 6.42 Å². The molecule has 0 aliphatic carbocycles. The van der Waals surface area contributed by atoms with Crippen molar-refractivity contribution in [3.8, 4) is 5.69 Å². The van der Waals surface area contributed by atoms with Crippen molar-refractivity contribution < 1.29 is 4.79 Å². The van der Waals surface area contributed by atoms with Gasteiger partial charge in [0.15, 0.2) is 6.29 Å². The summed E-state index contributed by atoms with van der Waals surface area (Å²) >= 11 is 1.68. The standard InChI is InChI=1S/C13H15N3OS/c1-3-5-13-12(9-17)14-15-16(13)10-6-4-7-11(8-10)18-2/h4,6-9H,3,5H2,1-2H3. The van der Waals surface area contributed by atoms with E-state index >= 15 is 0 Å². The highest BCUT2D eigenvalue weighted by atomic mass is 32.2. The van der Waals surface area contributed by atoms with Crippen molar-refractivity contribution >= 4 is 18.0 Å². The van der Waals surface area contributed by atoms with E-state index in [0.717, 1.165) is 35.4 Å². The van der Waals surface area contributed by atoms with Crippen LogP contribution in [0.4, 0.5) is 0 Å². The quantitative estimate of drug-likeness (QED) is 0.613. The zero-order chi connectivity index (χ0) is 13.0. The van der Waals surface area contributed by atoms with E-state index in [1.807, 2.05) is 30.5 Å². The maximum atomic E-state index is 10.9. The smallest absolute Gasteiger partial charge is 0.172 e. The molecule has 0 aliphatic rings. The molecule has 1 aromatic heterocycles. The van der Waals surface area contributed by atoms with Crippen LogP contribution in [0.15, 0.2) is 29.2 Å². The Morgan fingerprint density at radius 2 is 2.28 bits per heavy atom. The van der Waals surface area contributed by atoms with Crippen LogP contribution in [0, 0.1) is 0 Å². The van der Waals surface area contributed by atoms with E-state index in [0.29, 0.717) is 5.69 Å². The van der Waals surface area contributed by atoms with Crippen molar-refractivity contribution in [1.29, 1.82) is 0 Å². The first-order valence-electron chi connectivity index (χ1n) is 5.84. The number of hydrogen-bond acceptors (Lipinski definition) is 4. The SMILES string of the molecule is CCCc1c(C=O)nnn1-c1cccc(SC)c1. The average molecular weight is 261 g/mol. The van der Waals surface area contributed by atoms with Gasteiger partial charge >= 0.3 is 0 Å². The highest BCUT2D eigenvalue weighted by Gasteiger charge is 2.12. The molecule has 0 unspecified atom stereocenters. The van der Waals surface area contributed by atoms with E-state index < -0.39 is 0 Å². The number of carbonyl (C=O) groups excluding carboxylic acids is 1. The maximum Gasteiger partial charge on any atom is 0.172 e. The molecule has 1 aromatic carbocycles. The van der Waals surface area contributed by atoms with E-state index in [-0.39, 0.29) is 0 Å². The van der Waals surface area contributed by atoms with E-state index in [2.05, 4.69) is 17.2 Å². The van der Waals surface area contributed by atoms with E-state index in [4.69, 9.17) is 0 Å². The molecule has 2 rings (SSSR count). The Morgan fingerprint density at radius 3 is 2.94 bits per heavy atom. The molecule has 0 amide bonds. The number of aromatic nitrogens is 3. The van der Waals surface area contributed by atoms with Crippen molar-refractivity contribution in [3.05, 3.63) is 35.7 Å². The Kier molecular flexibility index (Phi) is 4.15. The lowest BCUT2D eigenvalue weighted by Gasteiger charge is -2.07.